The molecule has 98 valence electrons. The fourth-order valence-corrected chi connectivity index (χ4v) is 4.67. The van der Waals surface area contributed by atoms with Crippen LogP contribution in [-0.4, -0.2) is 5.91 Å². The molecule has 0 aliphatic carbocycles. The summed E-state index contributed by atoms with van der Waals surface area (Å²) in [7, 11) is 0. The fourth-order valence-electron chi connectivity index (χ4n) is 2.42. The monoisotopic (exact) mass is 290 g/mol. The molecule has 3 N–H and O–H groups in total. The van der Waals surface area contributed by atoms with Gasteiger partial charge in [0, 0.05) is 27.9 Å². The lowest BCUT2D eigenvalue weighted by molar-refractivity contribution is -0.121. The molecule has 0 saturated heterocycles. The van der Waals surface area contributed by atoms with Gasteiger partial charge in [-0.2, -0.15) is 0 Å². The highest BCUT2D eigenvalue weighted by Gasteiger charge is 2.26. The third-order valence-electron chi connectivity index (χ3n) is 3.33. The van der Waals surface area contributed by atoms with Crippen LogP contribution < -0.4 is 11.3 Å². The first-order chi connectivity index (χ1) is 9.29. The molecule has 0 fully saturated rings. The van der Waals surface area contributed by atoms with E-state index >= 15 is 0 Å². The van der Waals surface area contributed by atoms with Gasteiger partial charge < -0.3 is 0 Å². The van der Waals surface area contributed by atoms with Crippen molar-refractivity contribution >= 4 is 29.0 Å². The Bertz CT molecular complexity index is 609. The van der Waals surface area contributed by atoms with Crippen molar-refractivity contribution in [2.24, 2.45) is 5.84 Å². The molecule has 1 amide bonds. The van der Waals surface area contributed by atoms with Crippen molar-refractivity contribution in [3.63, 3.8) is 0 Å². The Morgan fingerprint density at radius 1 is 1.37 bits per heavy atom. The maximum Gasteiger partial charge on any atom is 0.234 e. The van der Waals surface area contributed by atoms with E-state index in [0.29, 0.717) is 6.42 Å². The lowest BCUT2D eigenvalue weighted by Gasteiger charge is -2.16. The second-order valence-electron chi connectivity index (χ2n) is 4.46. The summed E-state index contributed by atoms with van der Waals surface area (Å²) in [4.78, 5) is 14.3. The summed E-state index contributed by atoms with van der Waals surface area (Å²) in [5, 5.41) is 2.10. The Kier molecular flexibility index (Phi) is 3.59. The normalized spacial score (nSPS) is 17.2. The van der Waals surface area contributed by atoms with Crippen LogP contribution in [0.15, 0.2) is 40.6 Å². The molecular weight excluding hydrogens is 276 g/mol. The zero-order valence-electron chi connectivity index (χ0n) is 10.3. The van der Waals surface area contributed by atoms with Crippen molar-refractivity contribution in [1.29, 1.82) is 0 Å². The smallest absolute Gasteiger partial charge is 0.234 e. The van der Waals surface area contributed by atoms with Gasteiger partial charge in [-0.25, -0.2) is 5.84 Å². The quantitative estimate of drug-likeness (QED) is 0.508. The van der Waals surface area contributed by atoms with Gasteiger partial charge in [0.1, 0.15) is 0 Å². The number of nitrogens with two attached hydrogens (primary N) is 1. The van der Waals surface area contributed by atoms with E-state index in [0.717, 1.165) is 5.75 Å². The summed E-state index contributed by atoms with van der Waals surface area (Å²) in [5.41, 5.74) is 4.81. The molecule has 2 heterocycles. The van der Waals surface area contributed by atoms with Gasteiger partial charge in [-0.1, -0.05) is 18.2 Å². The Morgan fingerprint density at radius 3 is 3.05 bits per heavy atom. The number of hydrogen-bond donors (Lipinski definition) is 2. The van der Waals surface area contributed by atoms with E-state index in [1.807, 2.05) is 23.9 Å². The minimum Gasteiger partial charge on any atom is -0.294 e. The van der Waals surface area contributed by atoms with Crippen molar-refractivity contribution in [3.05, 3.63) is 51.7 Å². The molecule has 5 heteroatoms. The number of amides is 1. The van der Waals surface area contributed by atoms with Gasteiger partial charge in [-0.3, -0.25) is 10.2 Å². The zero-order chi connectivity index (χ0) is 13.2. The van der Waals surface area contributed by atoms with Crippen molar-refractivity contribution < 1.29 is 4.79 Å². The predicted molar refractivity (Wildman–Crippen MR) is 79.1 cm³/mol. The highest BCUT2D eigenvalue weighted by molar-refractivity contribution is 7.98. The maximum atomic E-state index is 11.7. The highest BCUT2D eigenvalue weighted by atomic mass is 32.2. The number of nitrogens with one attached hydrogen (secondary N) is 1. The second kappa shape index (κ2) is 5.36. The summed E-state index contributed by atoms with van der Waals surface area (Å²) in [6.07, 6.45) is 0.404. The molecular formula is C14H14N2OS2. The van der Waals surface area contributed by atoms with E-state index in [-0.39, 0.29) is 11.8 Å². The zero-order valence-corrected chi connectivity index (χ0v) is 11.9. The second-order valence-corrected chi connectivity index (χ2v) is 6.43. The molecule has 1 aromatic carbocycles. The molecule has 1 aromatic heterocycles. The number of benzene rings is 1. The van der Waals surface area contributed by atoms with E-state index in [2.05, 4.69) is 29.0 Å². The van der Waals surface area contributed by atoms with Gasteiger partial charge in [-0.05, 0) is 28.6 Å². The summed E-state index contributed by atoms with van der Waals surface area (Å²) >= 11 is 3.57. The molecule has 1 aliphatic heterocycles. The van der Waals surface area contributed by atoms with Gasteiger partial charge in [0.25, 0.3) is 0 Å². The van der Waals surface area contributed by atoms with Crippen molar-refractivity contribution in [3.8, 4) is 0 Å². The standard InChI is InChI=1S/C14H14N2OS2/c15-16-13(17)7-11-10-3-1-2-4-12(10)19-8-9-5-6-18-14(9)11/h1-6,11H,7-8,15H2,(H,16,17). The first-order valence-electron chi connectivity index (χ1n) is 6.07. The van der Waals surface area contributed by atoms with Gasteiger partial charge >= 0.3 is 0 Å². The van der Waals surface area contributed by atoms with Crippen LogP contribution >= 0.6 is 23.1 Å². The number of hydrogen-bond acceptors (Lipinski definition) is 4. The van der Waals surface area contributed by atoms with Crippen molar-refractivity contribution in [2.75, 3.05) is 0 Å². The molecule has 3 nitrogen and oxygen atoms in total. The molecule has 0 saturated carbocycles. The van der Waals surface area contributed by atoms with Crippen molar-refractivity contribution in [1.82, 2.24) is 5.43 Å². The van der Waals surface area contributed by atoms with Crippen LogP contribution in [0.1, 0.15) is 28.3 Å². The van der Waals surface area contributed by atoms with E-state index < -0.39 is 0 Å². The molecule has 0 spiro atoms. The molecule has 19 heavy (non-hydrogen) atoms. The SMILES string of the molecule is NNC(=O)CC1c2ccccc2SCc2ccsc21. The summed E-state index contributed by atoms with van der Waals surface area (Å²) in [6, 6.07) is 10.5. The topological polar surface area (TPSA) is 55.1 Å². The maximum absolute atomic E-state index is 11.7. The number of fused-ring (bicyclic) bond motifs is 2. The molecule has 2 aromatic rings. The number of carbonyl (C=O) groups is 1. The number of rotatable bonds is 2. The minimum atomic E-state index is -0.119. The van der Waals surface area contributed by atoms with Crippen molar-refractivity contribution in [2.45, 2.75) is 23.0 Å². The lowest BCUT2D eigenvalue weighted by Crippen LogP contribution is -2.31. The molecule has 1 atom stereocenters. The number of carbonyl (C=O) groups excluding carboxylic acids is 1. The van der Waals surface area contributed by atoms with Crippen LogP contribution in [0.2, 0.25) is 0 Å². The first kappa shape index (κ1) is 12.7. The first-order valence-corrected chi connectivity index (χ1v) is 7.93. The third kappa shape index (κ3) is 2.41. The third-order valence-corrected chi connectivity index (χ3v) is 5.54. The lowest BCUT2D eigenvalue weighted by atomic mass is 9.92. The number of thiophene rings is 1. The van der Waals surface area contributed by atoms with E-state index in [9.17, 15) is 4.79 Å². The van der Waals surface area contributed by atoms with E-state index in [1.165, 1.54) is 20.9 Å². The molecule has 1 unspecified atom stereocenters. The average Bonchev–Trinajstić information content (AvgIpc) is 2.86. The average molecular weight is 290 g/mol. The van der Waals surface area contributed by atoms with Crippen LogP contribution in [0.3, 0.4) is 0 Å². The van der Waals surface area contributed by atoms with Crippen LogP contribution in [0.25, 0.3) is 0 Å². The Morgan fingerprint density at radius 2 is 2.21 bits per heavy atom. The summed E-state index contributed by atoms with van der Waals surface area (Å²) in [5.74, 6) is 6.21. The van der Waals surface area contributed by atoms with Gasteiger partial charge in [-0.15, -0.1) is 23.1 Å². The van der Waals surface area contributed by atoms with Gasteiger partial charge in [0.2, 0.25) is 5.91 Å². The summed E-state index contributed by atoms with van der Waals surface area (Å²) in [6.45, 7) is 0. The molecule has 1 aliphatic rings. The van der Waals surface area contributed by atoms with Crippen LogP contribution in [0.4, 0.5) is 0 Å². The Hall–Kier alpha value is -1.30. The minimum absolute atomic E-state index is 0.116. The Balaban J connectivity index is 2.08. The fraction of sp³-hybridized carbons (Fsp3) is 0.214. The molecule has 3 rings (SSSR count). The predicted octanol–water partition coefficient (Wildman–Crippen LogP) is 2.87. The van der Waals surface area contributed by atoms with Crippen LogP contribution in [-0.2, 0) is 10.5 Å². The van der Waals surface area contributed by atoms with E-state index in [4.69, 9.17) is 5.84 Å². The highest BCUT2D eigenvalue weighted by Crippen LogP contribution is 2.44. The van der Waals surface area contributed by atoms with E-state index in [1.54, 1.807) is 11.3 Å². The molecule has 0 radical (unpaired) electrons. The van der Waals surface area contributed by atoms with Crippen LogP contribution in [0.5, 0.6) is 0 Å². The molecule has 0 bridgehead atoms. The summed E-state index contributed by atoms with van der Waals surface area (Å²) < 4.78 is 0. The van der Waals surface area contributed by atoms with Gasteiger partial charge in [0.15, 0.2) is 0 Å². The number of hydrazine groups is 1. The van der Waals surface area contributed by atoms with Gasteiger partial charge in [0.05, 0.1) is 0 Å². The Labute approximate surface area is 120 Å². The number of thioether (sulfide) groups is 1. The largest absolute Gasteiger partial charge is 0.294 e. The van der Waals surface area contributed by atoms with Crippen LogP contribution in [0, 0.1) is 0 Å².